The van der Waals surface area contributed by atoms with Gasteiger partial charge in [-0.25, -0.2) is 23.7 Å². The lowest BCUT2D eigenvalue weighted by Crippen LogP contribution is -2.03. The molecule has 27 heavy (non-hydrogen) atoms. The van der Waals surface area contributed by atoms with Gasteiger partial charge in [0, 0.05) is 11.1 Å². The van der Waals surface area contributed by atoms with Crippen molar-refractivity contribution >= 4 is 18.1 Å². The molecule has 2 aromatic heterocycles. The monoisotopic (exact) mass is 367 g/mol. The van der Waals surface area contributed by atoms with Crippen molar-refractivity contribution in [2.75, 3.05) is 0 Å². The quantitative estimate of drug-likeness (QED) is 0.509. The zero-order valence-electron chi connectivity index (χ0n) is 14.3. The Labute approximate surface area is 153 Å². The van der Waals surface area contributed by atoms with Crippen LogP contribution in [0, 0.1) is 12.3 Å². The molecule has 0 fully saturated rings. The Morgan fingerprint density at radius 1 is 1.15 bits per heavy atom. The van der Waals surface area contributed by atoms with Crippen molar-refractivity contribution in [2.45, 2.75) is 13.3 Å². The number of benzene rings is 1. The Balaban J connectivity index is 1.90. The van der Waals surface area contributed by atoms with Crippen LogP contribution in [-0.2, 0) is 0 Å². The van der Waals surface area contributed by atoms with Gasteiger partial charge < -0.3 is 4.98 Å². The maximum atomic E-state index is 12.3. The highest BCUT2D eigenvalue weighted by molar-refractivity contribution is 5.97. The summed E-state index contributed by atoms with van der Waals surface area (Å²) in [6.07, 6.45) is 3.17. The van der Waals surface area contributed by atoms with Gasteiger partial charge >= 0.3 is 0 Å². The molecule has 0 unspecified atom stereocenters. The van der Waals surface area contributed by atoms with Gasteiger partial charge in [0.1, 0.15) is 18.4 Å². The third-order valence-electron chi connectivity index (χ3n) is 3.73. The van der Waals surface area contributed by atoms with E-state index < -0.39 is 12.1 Å². The Morgan fingerprint density at radius 3 is 2.67 bits per heavy atom. The molecule has 3 aromatic rings. The first-order valence-electron chi connectivity index (χ1n) is 7.95. The number of hydrogen-bond donors (Lipinski definition) is 2. The van der Waals surface area contributed by atoms with Crippen molar-refractivity contribution in [3.63, 3.8) is 0 Å². The van der Waals surface area contributed by atoms with Crippen molar-refractivity contribution in [1.82, 2.24) is 19.9 Å². The average molecular weight is 367 g/mol. The largest absolute Gasteiger partial charge is 0.337 e. The van der Waals surface area contributed by atoms with Gasteiger partial charge in [-0.05, 0) is 48.9 Å². The number of halogens is 2. The number of nitrogens with zero attached hydrogens (tertiary/aromatic N) is 3. The van der Waals surface area contributed by atoms with Crippen molar-refractivity contribution in [2.24, 2.45) is 0 Å². The van der Waals surface area contributed by atoms with Crippen LogP contribution >= 0.6 is 0 Å². The zero-order valence-corrected chi connectivity index (χ0v) is 14.3. The van der Waals surface area contributed by atoms with Gasteiger partial charge in [0.05, 0.1) is 29.0 Å². The van der Waals surface area contributed by atoms with Crippen LogP contribution in [0.1, 0.15) is 21.7 Å². The SMILES string of the molecule is Cc1cc(C=O)cc(-c2cc(-c3cnc(/C=C\C(=N)C(F)F)[nH]3)ncn2)c1. The summed E-state index contributed by atoms with van der Waals surface area (Å²) in [5, 5.41) is 7.11. The molecule has 2 N–H and O–H groups in total. The second kappa shape index (κ2) is 7.77. The molecule has 8 heteroatoms. The maximum absolute atomic E-state index is 12.3. The highest BCUT2D eigenvalue weighted by Crippen LogP contribution is 2.23. The Bertz CT molecular complexity index is 1030. The van der Waals surface area contributed by atoms with Gasteiger partial charge in [0.2, 0.25) is 0 Å². The third kappa shape index (κ3) is 4.35. The molecule has 0 radical (unpaired) electrons. The van der Waals surface area contributed by atoms with E-state index in [1.165, 1.54) is 18.6 Å². The van der Waals surface area contributed by atoms with Crippen LogP contribution in [0.25, 0.3) is 28.7 Å². The van der Waals surface area contributed by atoms with Crippen molar-refractivity contribution in [1.29, 1.82) is 5.41 Å². The predicted molar refractivity (Wildman–Crippen MR) is 97.9 cm³/mol. The van der Waals surface area contributed by atoms with Gasteiger partial charge in [-0.1, -0.05) is 0 Å². The van der Waals surface area contributed by atoms with E-state index in [2.05, 4.69) is 19.9 Å². The number of aromatic amines is 1. The maximum Gasteiger partial charge on any atom is 0.279 e. The summed E-state index contributed by atoms with van der Waals surface area (Å²) in [7, 11) is 0. The minimum absolute atomic E-state index is 0.328. The molecule has 0 aliphatic rings. The van der Waals surface area contributed by atoms with Gasteiger partial charge in [-0.2, -0.15) is 0 Å². The molecule has 1 aromatic carbocycles. The topological polar surface area (TPSA) is 95.4 Å². The van der Waals surface area contributed by atoms with Gasteiger partial charge in [0.25, 0.3) is 6.43 Å². The number of aryl methyl sites for hydroxylation is 1. The van der Waals surface area contributed by atoms with Crippen LogP contribution < -0.4 is 0 Å². The lowest BCUT2D eigenvalue weighted by molar-refractivity contribution is 0.112. The molecule has 6 nitrogen and oxygen atoms in total. The highest BCUT2D eigenvalue weighted by Gasteiger charge is 2.09. The first-order chi connectivity index (χ1) is 13.0. The second-order valence-electron chi connectivity index (χ2n) is 5.81. The average Bonchev–Trinajstić information content (AvgIpc) is 3.14. The number of imidazole rings is 1. The number of carbonyl (C=O) groups is 1. The molecule has 0 aliphatic heterocycles. The molecule has 136 valence electrons. The standard InChI is InChI=1S/C19H15F2N5O/c1-11-4-12(9-27)6-13(5-11)15-7-16(25-10-24-15)17-8-23-18(26-17)3-2-14(22)19(20)21/h2-10,19,22H,1H3,(H,23,26)/b3-2-,22-14?. The van der Waals surface area contributed by atoms with Crippen molar-refractivity contribution in [3.8, 4) is 22.6 Å². The molecule has 0 saturated carbocycles. The lowest BCUT2D eigenvalue weighted by atomic mass is 10.0. The van der Waals surface area contributed by atoms with E-state index in [1.807, 2.05) is 13.0 Å². The number of aromatic nitrogens is 4. The molecular formula is C19H15F2N5O. The second-order valence-corrected chi connectivity index (χ2v) is 5.81. The van der Waals surface area contributed by atoms with E-state index in [0.717, 1.165) is 23.5 Å². The summed E-state index contributed by atoms with van der Waals surface area (Å²) in [5.41, 5.74) is 3.26. The summed E-state index contributed by atoms with van der Waals surface area (Å²) in [5.74, 6) is 0.328. The van der Waals surface area contributed by atoms with E-state index in [-0.39, 0.29) is 0 Å². The van der Waals surface area contributed by atoms with Crippen molar-refractivity contribution < 1.29 is 13.6 Å². The van der Waals surface area contributed by atoms with Crippen LogP contribution in [0.4, 0.5) is 8.78 Å². The van der Waals surface area contributed by atoms with Crippen molar-refractivity contribution in [3.05, 3.63) is 59.8 Å². The first kappa shape index (κ1) is 18.2. The highest BCUT2D eigenvalue weighted by atomic mass is 19.3. The minimum Gasteiger partial charge on any atom is -0.337 e. The number of alkyl halides is 2. The zero-order chi connectivity index (χ0) is 19.4. The number of allylic oxidation sites excluding steroid dienone is 1. The molecule has 0 atom stereocenters. The van der Waals surface area contributed by atoms with Crippen LogP contribution in [0.5, 0.6) is 0 Å². The van der Waals surface area contributed by atoms with E-state index >= 15 is 0 Å². The summed E-state index contributed by atoms with van der Waals surface area (Å²) < 4.78 is 24.7. The number of aldehydes is 1. The summed E-state index contributed by atoms with van der Waals surface area (Å²) in [6.45, 7) is 1.89. The summed E-state index contributed by atoms with van der Waals surface area (Å²) in [6, 6.07) is 7.17. The number of rotatable bonds is 6. The van der Waals surface area contributed by atoms with Crippen LogP contribution in [-0.4, -0.2) is 38.4 Å². The summed E-state index contributed by atoms with van der Waals surface area (Å²) in [4.78, 5) is 26.5. The van der Waals surface area contributed by atoms with E-state index in [0.29, 0.717) is 28.5 Å². The summed E-state index contributed by atoms with van der Waals surface area (Å²) >= 11 is 0. The van der Waals surface area contributed by atoms with Crippen LogP contribution in [0.15, 0.2) is 42.9 Å². The van der Waals surface area contributed by atoms with E-state index in [4.69, 9.17) is 5.41 Å². The molecule has 3 rings (SSSR count). The number of nitrogens with one attached hydrogen (secondary N) is 2. The molecule has 0 aliphatic carbocycles. The van der Waals surface area contributed by atoms with Crippen LogP contribution in [0.3, 0.4) is 0 Å². The van der Waals surface area contributed by atoms with E-state index in [1.54, 1.807) is 18.2 Å². The van der Waals surface area contributed by atoms with Gasteiger partial charge in [-0.3, -0.25) is 10.2 Å². The minimum atomic E-state index is -2.83. The van der Waals surface area contributed by atoms with Gasteiger partial charge in [-0.15, -0.1) is 0 Å². The molecule has 0 spiro atoms. The third-order valence-corrected chi connectivity index (χ3v) is 3.73. The Kier molecular flexibility index (Phi) is 5.25. The fourth-order valence-electron chi connectivity index (χ4n) is 2.48. The lowest BCUT2D eigenvalue weighted by Gasteiger charge is -2.05. The predicted octanol–water partition coefficient (Wildman–Crippen LogP) is 3.95. The number of carbonyl (C=O) groups excluding carboxylic acids is 1. The first-order valence-corrected chi connectivity index (χ1v) is 7.95. The molecular weight excluding hydrogens is 352 g/mol. The van der Waals surface area contributed by atoms with E-state index in [9.17, 15) is 13.6 Å². The Hall–Kier alpha value is -3.55. The Morgan fingerprint density at radius 2 is 1.93 bits per heavy atom. The molecule has 0 bridgehead atoms. The fraction of sp³-hybridized carbons (Fsp3) is 0.105. The molecule has 2 heterocycles. The normalized spacial score (nSPS) is 11.3. The molecule has 0 amide bonds. The number of hydrogen-bond acceptors (Lipinski definition) is 5. The smallest absolute Gasteiger partial charge is 0.279 e. The molecule has 0 saturated heterocycles. The van der Waals surface area contributed by atoms with Gasteiger partial charge in [0.15, 0.2) is 0 Å². The number of H-pyrrole nitrogens is 1. The fourth-order valence-corrected chi connectivity index (χ4v) is 2.48. The van der Waals surface area contributed by atoms with Crippen LogP contribution in [0.2, 0.25) is 0 Å².